The van der Waals surface area contributed by atoms with Crippen LogP contribution in [-0.4, -0.2) is 30.6 Å². The van der Waals surface area contributed by atoms with Gasteiger partial charge in [-0.25, -0.2) is 4.39 Å². The Hall–Kier alpha value is -0.450. The van der Waals surface area contributed by atoms with Crippen LogP contribution in [0.3, 0.4) is 0 Å². The number of hydrogen-bond donors (Lipinski definition) is 1. The van der Waals surface area contributed by atoms with E-state index in [4.69, 9.17) is 0 Å². The Morgan fingerprint density at radius 3 is 2.86 bits per heavy atom. The van der Waals surface area contributed by atoms with E-state index in [1.807, 2.05) is 12.1 Å². The first-order valence-corrected chi connectivity index (χ1v) is 8.92. The van der Waals surface area contributed by atoms with Gasteiger partial charge in [-0.3, -0.25) is 4.90 Å². The molecule has 2 nitrogen and oxygen atoms in total. The summed E-state index contributed by atoms with van der Waals surface area (Å²) in [4.78, 5) is 2.56. The minimum atomic E-state index is -0.156. The van der Waals surface area contributed by atoms with Crippen LogP contribution in [0.4, 0.5) is 4.39 Å². The zero-order valence-electron chi connectivity index (χ0n) is 12.5. The molecule has 0 spiro atoms. The van der Waals surface area contributed by atoms with Crippen molar-refractivity contribution in [2.45, 2.75) is 44.7 Å². The maximum Gasteiger partial charge on any atom is 0.137 e. The highest BCUT2D eigenvalue weighted by Gasteiger charge is 2.30. The summed E-state index contributed by atoms with van der Waals surface area (Å²) in [6.45, 7) is 4.03. The molecule has 1 aliphatic carbocycles. The normalized spacial score (nSPS) is 25.1. The second-order valence-electron chi connectivity index (χ2n) is 6.35. The van der Waals surface area contributed by atoms with Gasteiger partial charge in [-0.15, -0.1) is 0 Å². The predicted molar refractivity (Wildman–Crippen MR) is 87.7 cm³/mol. The first-order valence-electron chi connectivity index (χ1n) is 8.13. The Morgan fingerprint density at radius 2 is 2.05 bits per heavy atom. The van der Waals surface area contributed by atoms with E-state index in [9.17, 15) is 4.39 Å². The van der Waals surface area contributed by atoms with Crippen molar-refractivity contribution in [2.24, 2.45) is 5.92 Å². The molecule has 1 aromatic carbocycles. The van der Waals surface area contributed by atoms with Crippen LogP contribution in [0.15, 0.2) is 22.7 Å². The molecule has 1 unspecified atom stereocenters. The SMILES string of the molecule is Fc1cccc(CN2CCNCC2C2CCCCC2)c1Br. The average molecular weight is 355 g/mol. The molecule has 1 atom stereocenters. The molecule has 0 amide bonds. The Morgan fingerprint density at radius 1 is 1.24 bits per heavy atom. The van der Waals surface area contributed by atoms with Crippen LogP contribution in [-0.2, 0) is 6.54 Å². The third-order valence-corrected chi connectivity index (χ3v) is 5.89. The minimum Gasteiger partial charge on any atom is -0.314 e. The molecule has 1 aromatic rings. The van der Waals surface area contributed by atoms with E-state index in [1.54, 1.807) is 0 Å². The lowest BCUT2D eigenvalue weighted by Crippen LogP contribution is -2.54. The molecule has 4 heteroatoms. The largest absolute Gasteiger partial charge is 0.314 e. The zero-order chi connectivity index (χ0) is 14.7. The molecule has 0 bridgehead atoms. The molecule has 0 radical (unpaired) electrons. The van der Waals surface area contributed by atoms with Gasteiger partial charge in [0.2, 0.25) is 0 Å². The van der Waals surface area contributed by atoms with Crippen LogP contribution in [0.5, 0.6) is 0 Å². The number of rotatable bonds is 3. The van der Waals surface area contributed by atoms with E-state index in [2.05, 4.69) is 26.1 Å². The van der Waals surface area contributed by atoms with Gasteiger partial charge in [-0.05, 0) is 46.3 Å². The Balaban J connectivity index is 1.73. The second-order valence-corrected chi connectivity index (χ2v) is 7.15. The minimum absolute atomic E-state index is 0.156. The third-order valence-electron chi connectivity index (χ3n) is 5.00. The van der Waals surface area contributed by atoms with E-state index in [-0.39, 0.29) is 5.82 Å². The van der Waals surface area contributed by atoms with Gasteiger partial charge in [0.05, 0.1) is 4.47 Å². The van der Waals surface area contributed by atoms with Crippen molar-refractivity contribution in [1.29, 1.82) is 0 Å². The number of nitrogens with zero attached hydrogens (tertiary/aromatic N) is 1. The van der Waals surface area contributed by atoms with Gasteiger partial charge in [0, 0.05) is 32.2 Å². The maximum absolute atomic E-state index is 13.7. The summed E-state index contributed by atoms with van der Waals surface area (Å²) >= 11 is 3.41. The van der Waals surface area contributed by atoms with Crippen molar-refractivity contribution in [3.8, 4) is 0 Å². The fourth-order valence-corrected chi connectivity index (χ4v) is 4.23. The highest BCUT2D eigenvalue weighted by atomic mass is 79.9. The smallest absolute Gasteiger partial charge is 0.137 e. The molecule has 0 aromatic heterocycles. The summed E-state index contributed by atoms with van der Waals surface area (Å²) in [5, 5.41) is 3.55. The molecule has 3 rings (SSSR count). The molecule has 1 heterocycles. The zero-order valence-corrected chi connectivity index (χ0v) is 14.0. The fraction of sp³-hybridized carbons (Fsp3) is 0.647. The highest BCUT2D eigenvalue weighted by molar-refractivity contribution is 9.10. The fourth-order valence-electron chi connectivity index (χ4n) is 3.84. The van der Waals surface area contributed by atoms with Gasteiger partial charge in [0.1, 0.15) is 5.82 Å². The Bertz CT molecular complexity index is 474. The van der Waals surface area contributed by atoms with Gasteiger partial charge in [-0.1, -0.05) is 31.4 Å². The molecular weight excluding hydrogens is 331 g/mol. The van der Waals surface area contributed by atoms with Gasteiger partial charge in [0.15, 0.2) is 0 Å². The first-order chi connectivity index (χ1) is 10.3. The highest BCUT2D eigenvalue weighted by Crippen LogP contribution is 2.31. The van der Waals surface area contributed by atoms with Crippen molar-refractivity contribution < 1.29 is 4.39 Å². The second kappa shape index (κ2) is 7.21. The van der Waals surface area contributed by atoms with Gasteiger partial charge in [0.25, 0.3) is 0 Å². The van der Waals surface area contributed by atoms with Crippen molar-refractivity contribution in [2.75, 3.05) is 19.6 Å². The molecule has 1 saturated heterocycles. The molecule has 1 aliphatic heterocycles. The number of nitrogens with one attached hydrogen (secondary N) is 1. The lowest BCUT2D eigenvalue weighted by Gasteiger charge is -2.42. The Labute approximate surface area is 135 Å². The van der Waals surface area contributed by atoms with Crippen LogP contribution >= 0.6 is 15.9 Å². The van der Waals surface area contributed by atoms with Crippen LogP contribution in [0.1, 0.15) is 37.7 Å². The summed E-state index contributed by atoms with van der Waals surface area (Å²) in [6.07, 6.45) is 6.85. The first kappa shape index (κ1) is 15.4. The van der Waals surface area contributed by atoms with Crippen molar-refractivity contribution in [3.63, 3.8) is 0 Å². The van der Waals surface area contributed by atoms with E-state index in [1.165, 1.54) is 38.2 Å². The van der Waals surface area contributed by atoms with Crippen LogP contribution in [0.2, 0.25) is 0 Å². The predicted octanol–water partition coefficient (Wildman–Crippen LogP) is 3.94. The lowest BCUT2D eigenvalue weighted by molar-refractivity contribution is 0.0857. The number of hydrogen-bond acceptors (Lipinski definition) is 2. The number of piperazine rings is 1. The topological polar surface area (TPSA) is 15.3 Å². The van der Waals surface area contributed by atoms with E-state index in [0.717, 1.165) is 37.7 Å². The average Bonchev–Trinajstić information content (AvgIpc) is 2.53. The summed E-state index contributed by atoms with van der Waals surface area (Å²) in [5.74, 6) is 0.649. The van der Waals surface area contributed by atoms with Crippen LogP contribution in [0.25, 0.3) is 0 Å². The molecule has 1 N–H and O–H groups in total. The van der Waals surface area contributed by atoms with Gasteiger partial charge in [-0.2, -0.15) is 0 Å². The van der Waals surface area contributed by atoms with Crippen molar-refractivity contribution in [1.82, 2.24) is 10.2 Å². The third kappa shape index (κ3) is 3.66. The quantitative estimate of drug-likeness (QED) is 0.884. The molecule has 2 aliphatic rings. The molecule has 21 heavy (non-hydrogen) atoms. The molecule has 1 saturated carbocycles. The van der Waals surface area contributed by atoms with Crippen LogP contribution in [0, 0.1) is 11.7 Å². The summed E-state index contributed by atoms with van der Waals surface area (Å²) in [7, 11) is 0. The monoisotopic (exact) mass is 354 g/mol. The van der Waals surface area contributed by atoms with E-state index in [0.29, 0.717) is 10.5 Å². The van der Waals surface area contributed by atoms with Gasteiger partial charge < -0.3 is 5.32 Å². The van der Waals surface area contributed by atoms with E-state index >= 15 is 0 Å². The van der Waals surface area contributed by atoms with E-state index < -0.39 is 0 Å². The van der Waals surface area contributed by atoms with Crippen LogP contribution < -0.4 is 5.32 Å². The van der Waals surface area contributed by atoms with Crippen molar-refractivity contribution in [3.05, 3.63) is 34.1 Å². The molecule has 116 valence electrons. The number of halogens is 2. The standard InChI is InChI=1S/C17H24BrFN2/c18-17-14(7-4-8-15(17)19)12-21-10-9-20-11-16(21)13-5-2-1-3-6-13/h4,7-8,13,16,20H,1-3,5-6,9-12H2. The summed E-state index contributed by atoms with van der Waals surface area (Å²) in [5.41, 5.74) is 1.07. The lowest BCUT2D eigenvalue weighted by atomic mass is 9.82. The summed E-state index contributed by atoms with van der Waals surface area (Å²) in [6, 6.07) is 5.97. The Kier molecular flexibility index (Phi) is 5.30. The van der Waals surface area contributed by atoms with Crippen molar-refractivity contribution >= 4 is 15.9 Å². The molecule has 2 fully saturated rings. The summed E-state index contributed by atoms with van der Waals surface area (Å²) < 4.78 is 14.3. The number of benzene rings is 1. The van der Waals surface area contributed by atoms with Gasteiger partial charge >= 0.3 is 0 Å². The molecular formula is C17H24BrFN2. The maximum atomic E-state index is 13.7.